The van der Waals surface area contributed by atoms with Crippen LogP contribution in [-0.4, -0.2) is 21.9 Å². The van der Waals surface area contributed by atoms with Gasteiger partial charge in [0, 0.05) is 34.8 Å². The molecule has 0 aliphatic heterocycles. The topological polar surface area (TPSA) is 54.9 Å². The summed E-state index contributed by atoms with van der Waals surface area (Å²) in [6.45, 7) is 4.00. The zero-order chi connectivity index (χ0) is 14.8. The summed E-state index contributed by atoms with van der Waals surface area (Å²) >= 11 is 1.70. The maximum Gasteiger partial charge on any atom is 0.223 e. The third-order valence-electron chi connectivity index (χ3n) is 3.65. The molecule has 0 bridgehead atoms. The van der Waals surface area contributed by atoms with Crippen LogP contribution in [0.2, 0.25) is 0 Å². The highest BCUT2D eigenvalue weighted by molar-refractivity contribution is 7.15. The van der Waals surface area contributed by atoms with Crippen molar-refractivity contribution in [1.82, 2.24) is 15.3 Å². The fraction of sp³-hybridized carbons (Fsp3) is 0.438. The van der Waals surface area contributed by atoms with Crippen LogP contribution in [0, 0.1) is 5.92 Å². The number of fused-ring (bicyclic) bond motifs is 1. The summed E-state index contributed by atoms with van der Waals surface area (Å²) in [5, 5.41) is 4.03. The molecule has 4 nitrogen and oxygen atoms in total. The van der Waals surface area contributed by atoms with Crippen LogP contribution < -0.4 is 5.32 Å². The minimum atomic E-state index is 0.0853. The van der Waals surface area contributed by atoms with Crippen molar-refractivity contribution in [3.63, 3.8) is 0 Å². The number of carbonyl (C=O) groups excluding carboxylic acids is 1. The van der Waals surface area contributed by atoms with E-state index in [1.54, 1.807) is 17.5 Å². The Kier molecular flexibility index (Phi) is 4.01. The summed E-state index contributed by atoms with van der Waals surface area (Å²) in [6.07, 6.45) is 6.20. The van der Waals surface area contributed by atoms with Crippen molar-refractivity contribution in [2.24, 2.45) is 5.92 Å². The molecule has 1 amide bonds. The normalized spacial score (nSPS) is 17.6. The number of carbonyl (C=O) groups is 1. The molecule has 1 N–H and O–H groups in total. The molecule has 3 rings (SSSR count). The van der Waals surface area contributed by atoms with Gasteiger partial charge in [0.2, 0.25) is 5.91 Å². The summed E-state index contributed by atoms with van der Waals surface area (Å²) in [5.74, 6) is 0.258. The van der Waals surface area contributed by atoms with E-state index in [4.69, 9.17) is 4.98 Å². The second-order valence-corrected chi connectivity index (χ2v) is 6.82. The Bertz CT molecular complexity index is 636. The fourth-order valence-corrected chi connectivity index (χ4v) is 3.79. The Morgan fingerprint density at radius 3 is 3.05 bits per heavy atom. The van der Waals surface area contributed by atoms with Crippen LogP contribution >= 0.6 is 11.3 Å². The molecule has 2 heterocycles. The lowest BCUT2D eigenvalue weighted by Crippen LogP contribution is -2.37. The molecular formula is C16H19N3OS. The number of hydrogen-bond acceptors (Lipinski definition) is 4. The van der Waals surface area contributed by atoms with Gasteiger partial charge in [-0.3, -0.25) is 9.78 Å². The molecule has 1 aliphatic rings. The summed E-state index contributed by atoms with van der Waals surface area (Å²) in [5.41, 5.74) is 2.22. The van der Waals surface area contributed by atoms with Crippen molar-refractivity contribution in [2.75, 3.05) is 0 Å². The van der Waals surface area contributed by atoms with Gasteiger partial charge in [-0.05, 0) is 45.2 Å². The molecular weight excluding hydrogens is 282 g/mol. The van der Waals surface area contributed by atoms with Gasteiger partial charge in [-0.1, -0.05) is 0 Å². The highest BCUT2D eigenvalue weighted by atomic mass is 32.1. The van der Waals surface area contributed by atoms with E-state index in [1.807, 2.05) is 32.2 Å². The van der Waals surface area contributed by atoms with E-state index in [9.17, 15) is 4.79 Å². The molecule has 21 heavy (non-hydrogen) atoms. The van der Waals surface area contributed by atoms with Gasteiger partial charge in [0.15, 0.2) is 0 Å². The maximum absolute atomic E-state index is 12.2. The van der Waals surface area contributed by atoms with Crippen LogP contribution in [0.15, 0.2) is 24.5 Å². The third kappa shape index (κ3) is 3.13. The summed E-state index contributed by atoms with van der Waals surface area (Å²) in [6, 6.07) is 4.15. The minimum Gasteiger partial charge on any atom is -0.354 e. The number of nitrogens with zero attached hydrogens (tertiary/aromatic N) is 2. The quantitative estimate of drug-likeness (QED) is 0.948. The van der Waals surface area contributed by atoms with Crippen LogP contribution in [0.3, 0.4) is 0 Å². The lowest BCUT2D eigenvalue weighted by Gasteiger charge is -2.21. The molecule has 0 saturated heterocycles. The standard InChI is InChI=1S/C16H19N3OS/c1-10(2)18-15(20)11-5-6-13-14(8-11)21-16(19-13)12-4-3-7-17-9-12/h3-4,7,9-11H,5-6,8H2,1-2H3,(H,18,20). The molecule has 2 aromatic rings. The van der Waals surface area contributed by atoms with E-state index in [2.05, 4.69) is 10.3 Å². The van der Waals surface area contributed by atoms with Crippen LogP contribution in [0.5, 0.6) is 0 Å². The maximum atomic E-state index is 12.2. The van der Waals surface area contributed by atoms with E-state index in [0.29, 0.717) is 0 Å². The van der Waals surface area contributed by atoms with Crippen LogP contribution in [0.1, 0.15) is 30.8 Å². The Balaban J connectivity index is 1.78. The van der Waals surface area contributed by atoms with Crippen molar-refractivity contribution in [1.29, 1.82) is 0 Å². The Morgan fingerprint density at radius 2 is 2.33 bits per heavy atom. The monoisotopic (exact) mass is 301 g/mol. The first-order chi connectivity index (χ1) is 10.1. The van der Waals surface area contributed by atoms with E-state index < -0.39 is 0 Å². The zero-order valence-electron chi connectivity index (χ0n) is 12.3. The van der Waals surface area contributed by atoms with Crippen molar-refractivity contribution in [2.45, 2.75) is 39.2 Å². The van der Waals surface area contributed by atoms with Crippen LogP contribution in [0.4, 0.5) is 0 Å². The Morgan fingerprint density at radius 1 is 1.48 bits per heavy atom. The molecule has 1 unspecified atom stereocenters. The fourth-order valence-electron chi connectivity index (χ4n) is 2.61. The van der Waals surface area contributed by atoms with Crippen molar-refractivity contribution < 1.29 is 4.79 Å². The molecule has 1 atom stereocenters. The molecule has 1 aliphatic carbocycles. The first-order valence-corrected chi connectivity index (χ1v) is 8.14. The first kappa shape index (κ1) is 14.2. The van der Waals surface area contributed by atoms with Gasteiger partial charge in [-0.25, -0.2) is 4.98 Å². The predicted octanol–water partition coefficient (Wildman–Crippen LogP) is 2.83. The number of aromatic nitrogens is 2. The number of pyridine rings is 1. The molecule has 2 aromatic heterocycles. The summed E-state index contributed by atoms with van der Waals surface area (Å²) in [7, 11) is 0. The first-order valence-electron chi connectivity index (χ1n) is 7.33. The van der Waals surface area contributed by atoms with E-state index in [1.165, 1.54) is 4.88 Å². The number of hydrogen-bond donors (Lipinski definition) is 1. The van der Waals surface area contributed by atoms with Gasteiger partial charge in [-0.2, -0.15) is 0 Å². The average Bonchev–Trinajstić information content (AvgIpc) is 2.90. The summed E-state index contributed by atoms with van der Waals surface area (Å²) in [4.78, 5) is 22.3. The largest absolute Gasteiger partial charge is 0.354 e. The van der Waals surface area contributed by atoms with Crippen molar-refractivity contribution >= 4 is 17.2 Å². The van der Waals surface area contributed by atoms with E-state index in [-0.39, 0.29) is 17.9 Å². The van der Waals surface area contributed by atoms with Gasteiger partial charge in [0.1, 0.15) is 5.01 Å². The smallest absolute Gasteiger partial charge is 0.223 e. The van der Waals surface area contributed by atoms with Gasteiger partial charge in [0.05, 0.1) is 5.69 Å². The number of amides is 1. The van der Waals surface area contributed by atoms with Gasteiger partial charge >= 0.3 is 0 Å². The van der Waals surface area contributed by atoms with Crippen LogP contribution in [0.25, 0.3) is 10.6 Å². The second kappa shape index (κ2) is 5.93. The van der Waals surface area contributed by atoms with Gasteiger partial charge in [0.25, 0.3) is 0 Å². The lowest BCUT2D eigenvalue weighted by molar-refractivity contribution is -0.125. The molecule has 0 radical (unpaired) electrons. The molecule has 5 heteroatoms. The van der Waals surface area contributed by atoms with E-state index in [0.717, 1.165) is 35.5 Å². The predicted molar refractivity (Wildman–Crippen MR) is 84.1 cm³/mol. The van der Waals surface area contributed by atoms with Crippen molar-refractivity contribution in [3.05, 3.63) is 35.1 Å². The van der Waals surface area contributed by atoms with Crippen molar-refractivity contribution in [3.8, 4) is 10.6 Å². The summed E-state index contributed by atoms with van der Waals surface area (Å²) < 4.78 is 0. The molecule has 0 fully saturated rings. The molecule has 0 aromatic carbocycles. The lowest BCUT2D eigenvalue weighted by atomic mass is 9.90. The SMILES string of the molecule is CC(C)NC(=O)C1CCc2nc(-c3cccnc3)sc2C1. The third-order valence-corrected chi connectivity index (χ3v) is 4.82. The van der Waals surface area contributed by atoms with Crippen LogP contribution in [-0.2, 0) is 17.6 Å². The average molecular weight is 301 g/mol. The second-order valence-electron chi connectivity index (χ2n) is 5.73. The minimum absolute atomic E-state index is 0.0853. The molecule has 0 saturated carbocycles. The zero-order valence-corrected chi connectivity index (χ0v) is 13.1. The Hall–Kier alpha value is -1.75. The number of aryl methyl sites for hydroxylation is 1. The number of nitrogens with one attached hydrogen (secondary N) is 1. The van der Waals surface area contributed by atoms with E-state index >= 15 is 0 Å². The van der Waals surface area contributed by atoms with Gasteiger partial charge in [-0.15, -0.1) is 11.3 Å². The van der Waals surface area contributed by atoms with Gasteiger partial charge < -0.3 is 5.32 Å². The highest BCUT2D eigenvalue weighted by Crippen LogP contribution is 2.34. The highest BCUT2D eigenvalue weighted by Gasteiger charge is 2.27. The Labute approximate surface area is 128 Å². The molecule has 0 spiro atoms. The number of thiazole rings is 1. The molecule has 110 valence electrons. The number of rotatable bonds is 3.